The van der Waals surface area contributed by atoms with E-state index in [0.717, 1.165) is 22.2 Å². The monoisotopic (exact) mass is 569 g/mol. The number of amides is 3. The van der Waals surface area contributed by atoms with Gasteiger partial charge in [-0.3, -0.25) is 14.4 Å². The second-order valence-corrected chi connectivity index (χ2v) is 10.4. The Morgan fingerprint density at radius 1 is 0.875 bits per heavy atom. The van der Waals surface area contributed by atoms with Gasteiger partial charge in [0.2, 0.25) is 0 Å². The highest BCUT2D eigenvalue weighted by molar-refractivity contribution is 8.04. The number of nitrogens with one attached hydrogen (secondary N) is 2. The Bertz CT molecular complexity index is 1640. The highest BCUT2D eigenvalue weighted by Crippen LogP contribution is 2.39. The molecule has 0 fully saturated rings. The van der Waals surface area contributed by atoms with Crippen LogP contribution in [-0.4, -0.2) is 24.8 Å². The molecule has 2 N–H and O–H groups in total. The van der Waals surface area contributed by atoms with E-state index in [1.54, 1.807) is 86.0 Å². The zero-order valence-corrected chi connectivity index (χ0v) is 23.2. The molecule has 0 bridgehead atoms. The fourth-order valence-corrected chi connectivity index (χ4v) is 5.30. The normalized spacial score (nSPS) is 13.0. The highest BCUT2D eigenvalue weighted by Gasteiger charge is 2.40. The van der Waals surface area contributed by atoms with Gasteiger partial charge in [0.05, 0.1) is 29.1 Å². The van der Waals surface area contributed by atoms with Crippen LogP contribution in [0.4, 0.5) is 17.1 Å². The molecule has 4 aromatic carbocycles. The Labute approximate surface area is 240 Å². The van der Waals surface area contributed by atoms with Crippen molar-refractivity contribution in [1.29, 1.82) is 0 Å². The van der Waals surface area contributed by atoms with Gasteiger partial charge in [-0.05, 0) is 73.2 Å². The molecule has 0 saturated carbocycles. The predicted molar refractivity (Wildman–Crippen MR) is 159 cm³/mol. The lowest BCUT2D eigenvalue weighted by Gasteiger charge is -2.16. The summed E-state index contributed by atoms with van der Waals surface area (Å²) in [5.41, 5.74) is 3.09. The lowest BCUT2D eigenvalue weighted by Crippen LogP contribution is -2.32. The number of aryl methyl sites for hydroxylation is 1. The summed E-state index contributed by atoms with van der Waals surface area (Å²) in [6.45, 7) is 1.93. The van der Waals surface area contributed by atoms with Crippen LogP contribution in [0, 0.1) is 6.92 Å². The number of halogens is 1. The summed E-state index contributed by atoms with van der Waals surface area (Å²) in [7, 11) is 1.55. The molecule has 7 nitrogen and oxygen atoms in total. The number of carbonyl (C=O) groups excluding carboxylic acids is 3. The lowest BCUT2D eigenvalue weighted by atomic mass is 10.2. The third-order valence-corrected chi connectivity index (χ3v) is 7.54. The first-order valence-corrected chi connectivity index (χ1v) is 13.5. The molecule has 1 aliphatic heterocycles. The van der Waals surface area contributed by atoms with E-state index >= 15 is 0 Å². The molecular weight excluding hydrogens is 546 g/mol. The first kappa shape index (κ1) is 27.1. The fourth-order valence-electron chi connectivity index (χ4n) is 4.15. The molecule has 0 spiro atoms. The van der Waals surface area contributed by atoms with E-state index in [9.17, 15) is 14.4 Å². The van der Waals surface area contributed by atoms with Gasteiger partial charge in [0.25, 0.3) is 17.7 Å². The molecule has 1 heterocycles. The van der Waals surface area contributed by atoms with E-state index in [4.69, 9.17) is 16.3 Å². The van der Waals surface area contributed by atoms with Gasteiger partial charge in [-0.1, -0.05) is 59.8 Å². The molecule has 0 aliphatic carbocycles. The van der Waals surface area contributed by atoms with Crippen molar-refractivity contribution in [3.05, 3.63) is 124 Å². The van der Waals surface area contributed by atoms with Crippen molar-refractivity contribution in [3.63, 3.8) is 0 Å². The van der Waals surface area contributed by atoms with E-state index < -0.39 is 11.8 Å². The van der Waals surface area contributed by atoms with Crippen molar-refractivity contribution in [2.45, 2.75) is 11.8 Å². The minimum atomic E-state index is -0.467. The number of rotatable bonds is 8. The molecule has 0 unspecified atom stereocenters. The fraction of sp³-hybridized carbons (Fsp3) is 0.0645. The Kier molecular flexibility index (Phi) is 7.91. The van der Waals surface area contributed by atoms with Crippen molar-refractivity contribution < 1.29 is 19.1 Å². The maximum absolute atomic E-state index is 13.6. The number of benzene rings is 4. The number of hydrogen-bond donors (Lipinski definition) is 2. The SMILES string of the molecule is COc1ccc(C)cc1NC1=C(Sc2ccc(NC(=O)c3ccccc3Cl)cc2)C(=O)N(c2ccccc2)C1=O. The number of ether oxygens (including phenoxy) is 1. The molecule has 5 rings (SSSR count). The van der Waals surface area contributed by atoms with Crippen LogP contribution in [0.3, 0.4) is 0 Å². The van der Waals surface area contributed by atoms with E-state index in [1.165, 1.54) is 0 Å². The van der Waals surface area contributed by atoms with Gasteiger partial charge in [0.15, 0.2) is 0 Å². The van der Waals surface area contributed by atoms with Crippen LogP contribution in [0.15, 0.2) is 113 Å². The van der Waals surface area contributed by atoms with Gasteiger partial charge in [-0.25, -0.2) is 4.90 Å². The van der Waals surface area contributed by atoms with E-state index in [2.05, 4.69) is 10.6 Å². The van der Waals surface area contributed by atoms with Crippen LogP contribution >= 0.6 is 23.4 Å². The van der Waals surface area contributed by atoms with Crippen molar-refractivity contribution in [2.75, 3.05) is 22.6 Å². The first-order valence-electron chi connectivity index (χ1n) is 12.3. The molecule has 0 radical (unpaired) electrons. The molecule has 0 aromatic heterocycles. The number of thioether (sulfide) groups is 1. The number of nitrogens with zero attached hydrogens (tertiary/aromatic N) is 1. The lowest BCUT2D eigenvalue weighted by molar-refractivity contribution is -0.120. The molecule has 9 heteroatoms. The van der Waals surface area contributed by atoms with Crippen LogP contribution in [0.1, 0.15) is 15.9 Å². The van der Waals surface area contributed by atoms with Crippen molar-refractivity contribution in [3.8, 4) is 5.75 Å². The molecule has 0 saturated heterocycles. The topological polar surface area (TPSA) is 87.7 Å². The Hall–Kier alpha value is -4.53. The third-order valence-electron chi connectivity index (χ3n) is 6.12. The Morgan fingerprint density at radius 2 is 1.57 bits per heavy atom. The summed E-state index contributed by atoms with van der Waals surface area (Å²) in [6, 6.07) is 28.1. The Morgan fingerprint density at radius 3 is 2.27 bits per heavy atom. The molecule has 4 aromatic rings. The van der Waals surface area contributed by atoms with Gasteiger partial charge >= 0.3 is 0 Å². The molecule has 200 valence electrons. The second-order valence-electron chi connectivity index (χ2n) is 8.87. The number of carbonyl (C=O) groups is 3. The second kappa shape index (κ2) is 11.7. The van der Waals surface area contributed by atoms with Crippen LogP contribution < -0.4 is 20.3 Å². The molecule has 0 atom stereocenters. The maximum atomic E-state index is 13.6. The van der Waals surface area contributed by atoms with Crippen LogP contribution in [0.5, 0.6) is 5.75 Å². The van der Waals surface area contributed by atoms with Crippen LogP contribution in [0.25, 0.3) is 0 Å². The van der Waals surface area contributed by atoms with Crippen molar-refractivity contribution in [1.82, 2.24) is 0 Å². The average Bonchev–Trinajstić information content (AvgIpc) is 3.18. The first-order chi connectivity index (χ1) is 19.4. The zero-order chi connectivity index (χ0) is 28.2. The van der Waals surface area contributed by atoms with Gasteiger partial charge in [-0.15, -0.1) is 0 Å². The molecule has 1 aliphatic rings. The minimum Gasteiger partial charge on any atom is -0.495 e. The average molecular weight is 570 g/mol. The van der Waals surface area contributed by atoms with Crippen molar-refractivity contribution in [2.24, 2.45) is 0 Å². The Balaban J connectivity index is 1.44. The molecule has 3 amide bonds. The summed E-state index contributed by atoms with van der Waals surface area (Å²) >= 11 is 7.30. The summed E-state index contributed by atoms with van der Waals surface area (Å²) in [5.74, 6) is -0.695. The maximum Gasteiger partial charge on any atom is 0.283 e. The van der Waals surface area contributed by atoms with Crippen LogP contribution in [0.2, 0.25) is 5.02 Å². The number of hydrogen-bond acceptors (Lipinski definition) is 6. The number of imide groups is 1. The summed E-state index contributed by atoms with van der Waals surface area (Å²) in [4.78, 5) is 42.0. The summed E-state index contributed by atoms with van der Waals surface area (Å²) in [5, 5.41) is 6.35. The summed E-state index contributed by atoms with van der Waals surface area (Å²) in [6.07, 6.45) is 0. The smallest absolute Gasteiger partial charge is 0.283 e. The molecule has 40 heavy (non-hydrogen) atoms. The number of para-hydroxylation sites is 1. The predicted octanol–water partition coefficient (Wildman–Crippen LogP) is 6.90. The summed E-state index contributed by atoms with van der Waals surface area (Å²) < 4.78 is 5.48. The highest BCUT2D eigenvalue weighted by atomic mass is 35.5. The third kappa shape index (κ3) is 5.59. The van der Waals surface area contributed by atoms with E-state index in [1.807, 2.05) is 25.1 Å². The standard InChI is InChI=1S/C31H24ClN3O4S/c1-19-12-17-26(39-2)25(18-19)34-27-28(31(38)35(30(27)37)21-8-4-3-5-9-21)40-22-15-13-20(14-16-22)33-29(36)23-10-6-7-11-24(23)32/h3-18,34H,1-2H3,(H,33,36). The quantitative estimate of drug-likeness (QED) is 0.224. The van der Waals surface area contributed by atoms with Gasteiger partial charge in [0.1, 0.15) is 16.4 Å². The van der Waals surface area contributed by atoms with Gasteiger partial charge in [-0.2, -0.15) is 0 Å². The van der Waals surface area contributed by atoms with Gasteiger partial charge < -0.3 is 15.4 Å². The number of methoxy groups -OCH3 is 1. The van der Waals surface area contributed by atoms with Crippen LogP contribution in [-0.2, 0) is 9.59 Å². The van der Waals surface area contributed by atoms with Crippen molar-refractivity contribution >= 4 is 58.1 Å². The molecular formula is C31H24ClN3O4S. The largest absolute Gasteiger partial charge is 0.495 e. The van der Waals surface area contributed by atoms with E-state index in [-0.39, 0.29) is 16.5 Å². The van der Waals surface area contributed by atoms with E-state index in [0.29, 0.717) is 38.3 Å². The zero-order valence-electron chi connectivity index (χ0n) is 21.6. The minimum absolute atomic E-state index is 0.152. The number of anilines is 3. The van der Waals surface area contributed by atoms with Gasteiger partial charge in [0, 0.05) is 10.6 Å².